The van der Waals surface area contributed by atoms with Gasteiger partial charge in [-0.1, -0.05) is 31.5 Å². The van der Waals surface area contributed by atoms with Gasteiger partial charge in [0, 0.05) is 6.08 Å². The molecule has 3 amide bonds. The summed E-state index contributed by atoms with van der Waals surface area (Å²) in [7, 11) is 0. The van der Waals surface area contributed by atoms with E-state index in [4.69, 9.17) is 22.1 Å². The van der Waals surface area contributed by atoms with Crippen molar-refractivity contribution in [3.05, 3.63) is 40.4 Å². The van der Waals surface area contributed by atoms with Crippen LogP contribution in [-0.4, -0.2) is 24.0 Å². The first-order valence-electron chi connectivity index (χ1n) is 7.27. The number of alkyl halides is 3. The quantitative estimate of drug-likeness (QED) is 0.594. The topological polar surface area (TPSA) is 98.5 Å². The Labute approximate surface area is 152 Å². The molecule has 0 aromatic heterocycles. The van der Waals surface area contributed by atoms with Crippen molar-refractivity contribution in [2.45, 2.75) is 26.1 Å². The summed E-state index contributed by atoms with van der Waals surface area (Å²) in [6.45, 7) is 3.13. The van der Waals surface area contributed by atoms with Gasteiger partial charge in [0.05, 0.1) is 10.6 Å². The lowest BCUT2D eigenvalue weighted by atomic mass is 10.1. The zero-order chi connectivity index (χ0) is 20.1. The van der Waals surface area contributed by atoms with Gasteiger partial charge in [-0.2, -0.15) is 13.2 Å². The van der Waals surface area contributed by atoms with Crippen molar-refractivity contribution in [3.63, 3.8) is 0 Å². The van der Waals surface area contributed by atoms with Crippen molar-refractivity contribution in [2.75, 3.05) is 0 Å². The second-order valence-electron chi connectivity index (χ2n) is 5.53. The summed E-state index contributed by atoms with van der Waals surface area (Å²) < 4.78 is 43.3. The number of benzene rings is 1. The molecule has 1 atom stereocenters. The molecule has 1 aromatic rings. The summed E-state index contributed by atoms with van der Waals surface area (Å²) in [6, 6.07) is 1.99. The largest absolute Gasteiger partial charge is 0.449 e. The van der Waals surface area contributed by atoms with Gasteiger partial charge in [0.25, 0.3) is 5.91 Å². The van der Waals surface area contributed by atoms with Crippen LogP contribution in [-0.2, 0) is 20.5 Å². The Morgan fingerprint density at radius 2 is 1.88 bits per heavy atom. The lowest BCUT2D eigenvalue weighted by molar-refractivity contribution is -0.153. The normalized spacial score (nSPS) is 12.9. The fourth-order valence-electron chi connectivity index (χ4n) is 1.88. The zero-order valence-corrected chi connectivity index (χ0v) is 14.5. The van der Waals surface area contributed by atoms with Crippen LogP contribution in [0.25, 0.3) is 6.08 Å². The molecule has 0 aliphatic rings. The number of primary amides is 1. The Balaban J connectivity index is 2.89. The minimum absolute atomic E-state index is 0.0568. The maximum Gasteiger partial charge on any atom is 0.417 e. The van der Waals surface area contributed by atoms with E-state index in [1.807, 2.05) is 0 Å². The Morgan fingerprint density at radius 1 is 1.27 bits per heavy atom. The van der Waals surface area contributed by atoms with Gasteiger partial charge in [0.1, 0.15) is 0 Å². The molecule has 0 fully saturated rings. The Morgan fingerprint density at radius 3 is 2.38 bits per heavy atom. The Hall–Kier alpha value is -2.55. The fourth-order valence-corrected chi connectivity index (χ4v) is 2.10. The van der Waals surface area contributed by atoms with Crippen LogP contribution >= 0.6 is 11.6 Å². The summed E-state index contributed by atoms with van der Waals surface area (Å²) in [4.78, 5) is 34.3. The number of amides is 3. The average molecular weight is 393 g/mol. The molecule has 1 rings (SSSR count). The van der Waals surface area contributed by atoms with Crippen LogP contribution in [0.4, 0.5) is 18.0 Å². The number of rotatable bonds is 5. The molecule has 0 heterocycles. The van der Waals surface area contributed by atoms with Gasteiger partial charge in [0.15, 0.2) is 6.10 Å². The van der Waals surface area contributed by atoms with E-state index >= 15 is 0 Å². The number of halogens is 4. The molecule has 3 N–H and O–H groups in total. The minimum atomic E-state index is -4.64. The molecule has 0 saturated heterocycles. The van der Waals surface area contributed by atoms with Crippen LogP contribution < -0.4 is 11.1 Å². The number of hydrogen-bond acceptors (Lipinski definition) is 4. The standard InChI is InChI=1S/C16H16ClF3N2O4/c1-8(2)13(14(24)22-15(21)25)26-12(23)6-4-9-3-5-11(17)10(7-9)16(18,19)20/h3-8,13H,1-2H3,(H3,21,22,24,25)/b6-4+/t13-/m0/s1. The predicted octanol–water partition coefficient (Wildman–Crippen LogP) is 3.13. The predicted molar refractivity (Wildman–Crippen MR) is 87.9 cm³/mol. The second kappa shape index (κ2) is 8.70. The number of nitrogens with two attached hydrogens (primary N) is 1. The van der Waals surface area contributed by atoms with Crippen LogP contribution in [0.5, 0.6) is 0 Å². The van der Waals surface area contributed by atoms with Crippen molar-refractivity contribution < 1.29 is 32.3 Å². The molecule has 6 nitrogen and oxygen atoms in total. The number of urea groups is 1. The van der Waals surface area contributed by atoms with Crippen LogP contribution in [0, 0.1) is 5.92 Å². The van der Waals surface area contributed by atoms with E-state index in [1.165, 1.54) is 6.07 Å². The van der Waals surface area contributed by atoms with E-state index in [0.29, 0.717) is 0 Å². The first kappa shape index (κ1) is 21.5. The highest BCUT2D eigenvalue weighted by molar-refractivity contribution is 6.31. The monoisotopic (exact) mass is 392 g/mol. The van der Waals surface area contributed by atoms with E-state index in [2.05, 4.69) is 0 Å². The van der Waals surface area contributed by atoms with Gasteiger partial charge in [-0.3, -0.25) is 10.1 Å². The van der Waals surface area contributed by atoms with E-state index in [0.717, 1.165) is 24.3 Å². The highest BCUT2D eigenvalue weighted by Gasteiger charge is 2.33. The number of carbonyl (C=O) groups excluding carboxylic acids is 3. The summed E-state index contributed by atoms with van der Waals surface area (Å²) in [5.41, 5.74) is 3.84. The molecule has 0 unspecified atom stereocenters. The van der Waals surface area contributed by atoms with Gasteiger partial charge < -0.3 is 10.5 Å². The molecule has 10 heteroatoms. The van der Waals surface area contributed by atoms with Gasteiger partial charge in [-0.15, -0.1) is 0 Å². The number of esters is 1. The molecule has 0 bridgehead atoms. The summed E-state index contributed by atoms with van der Waals surface area (Å²) in [5.74, 6) is -2.36. The summed E-state index contributed by atoms with van der Waals surface area (Å²) >= 11 is 5.51. The molecular weight excluding hydrogens is 377 g/mol. The first-order chi connectivity index (χ1) is 11.9. The Bertz CT molecular complexity index is 733. The third kappa shape index (κ3) is 6.40. The van der Waals surface area contributed by atoms with E-state index in [-0.39, 0.29) is 5.56 Å². The van der Waals surface area contributed by atoms with Crippen LogP contribution in [0.15, 0.2) is 24.3 Å². The summed E-state index contributed by atoms with van der Waals surface area (Å²) in [6.07, 6.45) is -4.00. The number of nitrogens with one attached hydrogen (secondary N) is 1. The molecule has 142 valence electrons. The maximum atomic E-state index is 12.8. The molecule has 26 heavy (non-hydrogen) atoms. The van der Waals surface area contributed by atoms with Crippen molar-refractivity contribution in [3.8, 4) is 0 Å². The molecule has 0 aliphatic carbocycles. The highest BCUT2D eigenvalue weighted by Crippen LogP contribution is 2.35. The first-order valence-corrected chi connectivity index (χ1v) is 7.65. The zero-order valence-electron chi connectivity index (χ0n) is 13.8. The van der Waals surface area contributed by atoms with Gasteiger partial charge in [0.2, 0.25) is 0 Å². The minimum Gasteiger partial charge on any atom is -0.449 e. The number of carbonyl (C=O) groups is 3. The van der Waals surface area contributed by atoms with Crippen molar-refractivity contribution in [1.82, 2.24) is 5.32 Å². The van der Waals surface area contributed by atoms with Gasteiger partial charge in [-0.25, -0.2) is 9.59 Å². The molecule has 0 radical (unpaired) electrons. The third-order valence-corrected chi connectivity index (χ3v) is 3.39. The SMILES string of the molecule is CC(C)[C@H](OC(=O)/C=C/c1ccc(Cl)c(C(F)(F)F)c1)C(=O)NC(N)=O. The van der Waals surface area contributed by atoms with E-state index in [1.54, 1.807) is 19.2 Å². The number of hydrogen-bond donors (Lipinski definition) is 2. The van der Waals surface area contributed by atoms with E-state index < -0.39 is 46.7 Å². The van der Waals surface area contributed by atoms with Crippen LogP contribution in [0.3, 0.4) is 0 Å². The molecule has 1 aromatic carbocycles. The lowest BCUT2D eigenvalue weighted by Crippen LogP contribution is -2.45. The highest BCUT2D eigenvalue weighted by atomic mass is 35.5. The van der Waals surface area contributed by atoms with Crippen molar-refractivity contribution >= 4 is 35.6 Å². The average Bonchev–Trinajstić information content (AvgIpc) is 2.49. The van der Waals surface area contributed by atoms with Crippen molar-refractivity contribution in [2.24, 2.45) is 11.7 Å². The van der Waals surface area contributed by atoms with Crippen LogP contribution in [0.2, 0.25) is 5.02 Å². The number of ether oxygens (including phenoxy) is 1. The smallest absolute Gasteiger partial charge is 0.417 e. The molecule has 0 aliphatic heterocycles. The van der Waals surface area contributed by atoms with Crippen molar-refractivity contribution in [1.29, 1.82) is 0 Å². The van der Waals surface area contributed by atoms with E-state index in [9.17, 15) is 27.6 Å². The molecular formula is C16H16ClF3N2O4. The number of imide groups is 1. The Kier molecular flexibility index (Phi) is 7.19. The maximum absolute atomic E-state index is 12.8. The fraction of sp³-hybridized carbons (Fsp3) is 0.312. The third-order valence-electron chi connectivity index (χ3n) is 3.06. The molecule has 0 spiro atoms. The molecule has 0 saturated carbocycles. The van der Waals surface area contributed by atoms with Gasteiger partial charge >= 0.3 is 18.2 Å². The lowest BCUT2D eigenvalue weighted by Gasteiger charge is -2.18. The van der Waals surface area contributed by atoms with Gasteiger partial charge in [-0.05, 0) is 29.7 Å². The van der Waals surface area contributed by atoms with Crippen LogP contribution in [0.1, 0.15) is 25.0 Å². The summed E-state index contributed by atoms with van der Waals surface area (Å²) in [5, 5.41) is 1.32. The second-order valence-corrected chi connectivity index (χ2v) is 5.93.